The molecule has 0 heterocycles. The van der Waals surface area contributed by atoms with Crippen LogP contribution >= 0.6 is 0 Å². The molecule has 3 N–H and O–H groups in total. The van der Waals surface area contributed by atoms with Gasteiger partial charge in [0.15, 0.2) is 9.84 Å². The number of hydrogen-bond acceptors (Lipinski definition) is 4. The van der Waals surface area contributed by atoms with E-state index in [1.54, 1.807) is 0 Å². The molecule has 0 spiro atoms. The number of sulfone groups is 1. The highest BCUT2D eigenvalue weighted by molar-refractivity contribution is 7.91. The molecule has 0 atom stereocenters. The van der Waals surface area contributed by atoms with Crippen LogP contribution in [0.25, 0.3) is 0 Å². The Morgan fingerprint density at radius 2 is 1.87 bits per heavy atom. The van der Waals surface area contributed by atoms with Gasteiger partial charge in [0.05, 0.1) is 4.90 Å². The maximum atomic E-state index is 11.3. The first kappa shape index (κ1) is 11.7. The SMILES string of the molecule is CC(=O)Nc1ccc(S(=O)(=O)CN)cc1. The Morgan fingerprint density at radius 1 is 1.33 bits per heavy atom. The molecule has 0 aliphatic rings. The summed E-state index contributed by atoms with van der Waals surface area (Å²) in [7, 11) is -3.38. The van der Waals surface area contributed by atoms with Gasteiger partial charge >= 0.3 is 0 Å². The first-order valence-electron chi connectivity index (χ1n) is 4.26. The largest absolute Gasteiger partial charge is 0.326 e. The van der Waals surface area contributed by atoms with E-state index in [4.69, 9.17) is 5.73 Å². The summed E-state index contributed by atoms with van der Waals surface area (Å²) >= 11 is 0. The number of carbonyl (C=O) groups excluding carboxylic acids is 1. The van der Waals surface area contributed by atoms with E-state index >= 15 is 0 Å². The van der Waals surface area contributed by atoms with Crippen molar-refractivity contribution in [2.45, 2.75) is 11.8 Å². The third kappa shape index (κ3) is 3.03. The third-order valence-electron chi connectivity index (χ3n) is 1.75. The van der Waals surface area contributed by atoms with Crippen molar-refractivity contribution >= 4 is 21.4 Å². The molecule has 0 unspecified atom stereocenters. The molecular formula is C9H12N2O3S. The Kier molecular flexibility index (Phi) is 3.43. The zero-order valence-electron chi connectivity index (χ0n) is 8.23. The molecular weight excluding hydrogens is 216 g/mol. The molecule has 0 aromatic heterocycles. The maximum absolute atomic E-state index is 11.3. The van der Waals surface area contributed by atoms with Gasteiger partial charge in [0.25, 0.3) is 0 Å². The lowest BCUT2D eigenvalue weighted by molar-refractivity contribution is -0.114. The Morgan fingerprint density at radius 3 is 2.27 bits per heavy atom. The lowest BCUT2D eigenvalue weighted by Crippen LogP contribution is -2.14. The van der Waals surface area contributed by atoms with Crippen molar-refractivity contribution in [2.24, 2.45) is 5.73 Å². The summed E-state index contributed by atoms with van der Waals surface area (Å²) in [6.45, 7) is 1.38. The second-order valence-electron chi connectivity index (χ2n) is 2.99. The summed E-state index contributed by atoms with van der Waals surface area (Å²) in [6.07, 6.45) is 0. The zero-order chi connectivity index (χ0) is 11.5. The number of amides is 1. The average Bonchev–Trinajstić information content (AvgIpc) is 2.18. The predicted octanol–water partition coefficient (Wildman–Crippen LogP) is 0.335. The van der Waals surface area contributed by atoms with Gasteiger partial charge in [-0.3, -0.25) is 4.79 Å². The molecule has 1 amide bonds. The van der Waals surface area contributed by atoms with Gasteiger partial charge in [0, 0.05) is 12.6 Å². The molecule has 1 aromatic carbocycles. The first-order chi connectivity index (χ1) is 6.95. The fourth-order valence-corrected chi connectivity index (χ4v) is 1.79. The summed E-state index contributed by atoms with van der Waals surface area (Å²) in [5.41, 5.74) is 5.65. The molecule has 82 valence electrons. The van der Waals surface area contributed by atoms with Gasteiger partial charge in [-0.25, -0.2) is 8.42 Å². The minimum atomic E-state index is -3.38. The van der Waals surface area contributed by atoms with Crippen molar-refractivity contribution in [3.8, 4) is 0 Å². The summed E-state index contributed by atoms with van der Waals surface area (Å²) in [5, 5.41) is 2.54. The van der Waals surface area contributed by atoms with E-state index in [0.29, 0.717) is 5.69 Å². The molecule has 0 saturated carbocycles. The molecule has 0 saturated heterocycles. The monoisotopic (exact) mass is 228 g/mol. The van der Waals surface area contributed by atoms with Crippen molar-refractivity contribution in [3.63, 3.8) is 0 Å². The van der Waals surface area contributed by atoms with E-state index in [9.17, 15) is 13.2 Å². The van der Waals surface area contributed by atoms with Gasteiger partial charge in [-0.05, 0) is 24.3 Å². The maximum Gasteiger partial charge on any atom is 0.221 e. The zero-order valence-corrected chi connectivity index (χ0v) is 9.04. The predicted molar refractivity (Wildman–Crippen MR) is 57.0 cm³/mol. The second kappa shape index (κ2) is 4.41. The molecule has 0 aliphatic carbocycles. The van der Waals surface area contributed by atoms with Crippen LogP contribution in [-0.4, -0.2) is 20.2 Å². The van der Waals surface area contributed by atoms with E-state index in [0.717, 1.165) is 0 Å². The number of benzene rings is 1. The minimum absolute atomic E-state index is 0.152. The fraction of sp³-hybridized carbons (Fsp3) is 0.222. The highest BCUT2D eigenvalue weighted by Crippen LogP contribution is 2.14. The van der Waals surface area contributed by atoms with Crippen LogP contribution in [0.3, 0.4) is 0 Å². The lowest BCUT2D eigenvalue weighted by Gasteiger charge is -2.04. The van der Waals surface area contributed by atoms with Crippen LogP contribution in [0.4, 0.5) is 5.69 Å². The smallest absolute Gasteiger partial charge is 0.221 e. The summed E-state index contributed by atoms with van der Waals surface area (Å²) in [5.74, 6) is -0.628. The number of nitrogens with two attached hydrogens (primary N) is 1. The Balaban J connectivity index is 2.95. The number of hydrogen-bond donors (Lipinski definition) is 2. The molecule has 1 rings (SSSR count). The van der Waals surface area contributed by atoms with Crippen molar-refractivity contribution in [1.82, 2.24) is 0 Å². The van der Waals surface area contributed by atoms with Crippen molar-refractivity contribution in [1.29, 1.82) is 0 Å². The van der Waals surface area contributed by atoms with Gasteiger partial charge in [-0.2, -0.15) is 0 Å². The standard InChI is InChI=1S/C9H12N2O3S/c1-7(12)11-8-2-4-9(5-3-8)15(13,14)6-10/h2-5H,6,10H2,1H3,(H,11,12). The molecule has 5 nitrogen and oxygen atoms in total. The van der Waals surface area contributed by atoms with Crippen LogP contribution in [0.5, 0.6) is 0 Å². The normalized spacial score (nSPS) is 11.1. The minimum Gasteiger partial charge on any atom is -0.326 e. The Hall–Kier alpha value is -1.40. The molecule has 0 aliphatic heterocycles. The molecule has 6 heteroatoms. The Labute approximate surface area is 88.2 Å². The van der Waals surface area contributed by atoms with E-state index in [1.807, 2.05) is 0 Å². The van der Waals surface area contributed by atoms with Crippen molar-refractivity contribution in [3.05, 3.63) is 24.3 Å². The molecule has 0 bridgehead atoms. The van der Waals surface area contributed by atoms with Crippen LogP contribution < -0.4 is 11.1 Å². The van der Waals surface area contributed by atoms with Gasteiger partial charge in [-0.1, -0.05) is 0 Å². The van der Waals surface area contributed by atoms with Gasteiger partial charge in [0.1, 0.15) is 5.88 Å². The van der Waals surface area contributed by atoms with Crippen molar-refractivity contribution in [2.75, 3.05) is 11.2 Å². The summed E-state index contributed by atoms with van der Waals surface area (Å²) in [4.78, 5) is 10.9. The van der Waals surface area contributed by atoms with Gasteiger partial charge in [-0.15, -0.1) is 0 Å². The molecule has 1 aromatic rings. The Bertz CT molecular complexity index is 451. The number of nitrogens with one attached hydrogen (secondary N) is 1. The average molecular weight is 228 g/mol. The van der Waals surface area contributed by atoms with Crippen molar-refractivity contribution < 1.29 is 13.2 Å². The van der Waals surface area contributed by atoms with E-state index < -0.39 is 15.7 Å². The van der Waals surface area contributed by atoms with Gasteiger partial charge in [0.2, 0.25) is 5.91 Å². The topological polar surface area (TPSA) is 89.3 Å². The van der Waals surface area contributed by atoms with E-state index in [1.165, 1.54) is 31.2 Å². The second-order valence-corrected chi connectivity index (χ2v) is 5.02. The third-order valence-corrected chi connectivity index (χ3v) is 3.18. The van der Waals surface area contributed by atoms with E-state index in [-0.39, 0.29) is 10.8 Å². The molecule has 0 fully saturated rings. The molecule has 0 radical (unpaired) electrons. The first-order valence-corrected chi connectivity index (χ1v) is 5.91. The van der Waals surface area contributed by atoms with Crippen LogP contribution in [0.1, 0.15) is 6.92 Å². The lowest BCUT2D eigenvalue weighted by atomic mass is 10.3. The number of anilines is 1. The number of rotatable bonds is 3. The quantitative estimate of drug-likeness (QED) is 0.780. The summed E-state index contributed by atoms with van der Waals surface area (Å²) < 4.78 is 22.6. The molecule has 15 heavy (non-hydrogen) atoms. The van der Waals surface area contributed by atoms with Crippen LogP contribution in [0, 0.1) is 0 Å². The highest BCUT2D eigenvalue weighted by Gasteiger charge is 2.10. The number of carbonyl (C=O) groups is 1. The van der Waals surface area contributed by atoms with Gasteiger partial charge < -0.3 is 11.1 Å². The van der Waals surface area contributed by atoms with Crippen LogP contribution in [-0.2, 0) is 14.6 Å². The van der Waals surface area contributed by atoms with E-state index in [2.05, 4.69) is 5.32 Å². The van der Waals surface area contributed by atoms with Crippen LogP contribution in [0.15, 0.2) is 29.2 Å². The highest BCUT2D eigenvalue weighted by atomic mass is 32.2. The fourth-order valence-electron chi connectivity index (χ4n) is 1.05. The summed E-state index contributed by atoms with van der Waals surface area (Å²) in [6, 6.07) is 5.86. The van der Waals surface area contributed by atoms with Crippen LogP contribution in [0.2, 0.25) is 0 Å².